The van der Waals surface area contributed by atoms with Crippen LogP contribution in [0.25, 0.3) is 11.3 Å². The molecule has 0 bridgehead atoms. The highest BCUT2D eigenvalue weighted by Gasteiger charge is 2.07. The molecule has 1 aromatic heterocycles. The van der Waals surface area contributed by atoms with Crippen LogP contribution in [0.5, 0.6) is 0 Å². The summed E-state index contributed by atoms with van der Waals surface area (Å²) in [6.45, 7) is 0.0984. The van der Waals surface area contributed by atoms with E-state index in [2.05, 4.69) is 9.97 Å². The lowest BCUT2D eigenvalue weighted by atomic mass is 10.1. The summed E-state index contributed by atoms with van der Waals surface area (Å²) >= 11 is 0. The number of aliphatic hydroxyl groups is 1. The highest BCUT2D eigenvalue weighted by molar-refractivity contribution is 5.58. The average molecular weight is 238 g/mol. The first-order chi connectivity index (χ1) is 8.20. The van der Waals surface area contributed by atoms with Crippen LogP contribution in [0, 0.1) is 11.6 Å². The molecule has 0 unspecified atom stereocenters. The summed E-state index contributed by atoms with van der Waals surface area (Å²) in [6, 6.07) is 3.69. The minimum absolute atomic E-state index is 0.0984. The van der Waals surface area contributed by atoms with Crippen LogP contribution in [-0.4, -0.2) is 21.7 Å². The topological polar surface area (TPSA) is 48.9 Å². The Morgan fingerprint density at radius 2 is 2.06 bits per heavy atom. The molecule has 2 aromatic rings. The Bertz CT molecular complexity index is 511. The summed E-state index contributed by atoms with van der Waals surface area (Å²) in [4.78, 5) is 7.10. The Morgan fingerprint density at radius 1 is 1.24 bits per heavy atom. The van der Waals surface area contributed by atoms with E-state index >= 15 is 0 Å². The van der Waals surface area contributed by atoms with Crippen LogP contribution < -0.4 is 0 Å². The third kappa shape index (κ3) is 2.68. The van der Waals surface area contributed by atoms with E-state index in [-0.39, 0.29) is 6.61 Å². The first-order valence-corrected chi connectivity index (χ1v) is 5.31. The number of aromatic amines is 1. The van der Waals surface area contributed by atoms with Crippen LogP contribution in [0.3, 0.4) is 0 Å². The van der Waals surface area contributed by atoms with Gasteiger partial charge in [-0.2, -0.15) is 0 Å². The van der Waals surface area contributed by atoms with Crippen LogP contribution in [0.15, 0.2) is 24.4 Å². The summed E-state index contributed by atoms with van der Waals surface area (Å²) < 4.78 is 25.8. The fourth-order valence-corrected chi connectivity index (χ4v) is 1.55. The number of nitrogens with zero attached hydrogens (tertiary/aromatic N) is 1. The Hall–Kier alpha value is -1.75. The molecule has 2 rings (SSSR count). The monoisotopic (exact) mass is 238 g/mol. The summed E-state index contributed by atoms with van der Waals surface area (Å²) in [6.07, 6.45) is 2.81. The molecule has 90 valence electrons. The minimum atomic E-state index is -0.881. The largest absolute Gasteiger partial charge is 0.396 e. The minimum Gasteiger partial charge on any atom is -0.396 e. The number of imidazole rings is 1. The zero-order valence-corrected chi connectivity index (χ0v) is 9.08. The van der Waals surface area contributed by atoms with Gasteiger partial charge >= 0.3 is 0 Å². The molecule has 1 heterocycles. The maximum absolute atomic E-state index is 13.0. The number of hydrogen-bond acceptors (Lipinski definition) is 2. The quantitative estimate of drug-likeness (QED) is 0.858. The van der Waals surface area contributed by atoms with E-state index in [0.717, 1.165) is 18.0 Å². The fraction of sp³-hybridized carbons (Fsp3) is 0.250. The number of halogens is 2. The zero-order valence-electron chi connectivity index (χ0n) is 9.08. The van der Waals surface area contributed by atoms with Crippen molar-refractivity contribution in [3.63, 3.8) is 0 Å². The number of aliphatic hydroxyl groups excluding tert-OH is 1. The molecule has 0 spiro atoms. The molecular weight excluding hydrogens is 226 g/mol. The molecule has 3 nitrogen and oxygen atoms in total. The summed E-state index contributed by atoms with van der Waals surface area (Å²) in [5.41, 5.74) is 1.18. The lowest BCUT2D eigenvalue weighted by molar-refractivity contribution is 0.287. The number of aryl methyl sites for hydroxylation is 1. The smallest absolute Gasteiger partial charge is 0.159 e. The van der Waals surface area contributed by atoms with Crippen LogP contribution in [-0.2, 0) is 6.42 Å². The maximum Gasteiger partial charge on any atom is 0.159 e. The Morgan fingerprint density at radius 3 is 2.76 bits per heavy atom. The van der Waals surface area contributed by atoms with Gasteiger partial charge in [0.2, 0.25) is 0 Å². The van der Waals surface area contributed by atoms with Crippen molar-refractivity contribution in [3.05, 3.63) is 41.9 Å². The van der Waals surface area contributed by atoms with E-state index in [4.69, 9.17) is 5.11 Å². The second-order valence-electron chi connectivity index (χ2n) is 3.70. The maximum atomic E-state index is 13.0. The SMILES string of the molecule is OCCCc1ncc(-c2ccc(F)c(F)c2)[nH]1. The van der Waals surface area contributed by atoms with Crippen molar-refractivity contribution in [2.75, 3.05) is 6.61 Å². The highest BCUT2D eigenvalue weighted by Crippen LogP contribution is 2.19. The van der Waals surface area contributed by atoms with Crippen molar-refractivity contribution in [1.82, 2.24) is 9.97 Å². The van der Waals surface area contributed by atoms with Gasteiger partial charge in [-0.1, -0.05) is 0 Å². The molecule has 0 radical (unpaired) electrons. The van der Waals surface area contributed by atoms with Gasteiger partial charge in [0.1, 0.15) is 5.82 Å². The van der Waals surface area contributed by atoms with Crippen LogP contribution in [0.4, 0.5) is 8.78 Å². The van der Waals surface area contributed by atoms with Gasteiger partial charge in [-0.3, -0.25) is 0 Å². The van der Waals surface area contributed by atoms with Crippen molar-refractivity contribution < 1.29 is 13.9 Å². The third-order valence-corrected chi connectivity index (χ3v) is 2.43. The summed E-state index contributed by atoms with van der Waals surface area (Å²) in [5, 5.41) is 8.69. The van der Waals surface area contributed by atoms with Crippen molar-refractivity contribution in [2.24, 2.45) is 0 Å². The number of nitrogens with one attached hydrogen (secondary N) is 1. The molecule has 17 heavy (non-hydrogen) atoms. The summed E-state index contributed by atoms with van der Waals surface area (Å²) in [5.74, 6) is -1.03. The van der Waals surface area contributed by atoms with E-state index in [1.165, 1.54) is 6.07 Å². The van der Waals surface area contributed by atoms with E-state index in [1.54, 1.807) is 6.20 Å². The van der Waals surface area contributed by atoms with Crippen LogP contribution >= 0.6 is 0 Å². The van der Waals surface area contributed by atoms with Gasteiger partial charge in [0, 0.05) is 18.6 Å². The second-order valence-corrected chi connectivity index (χ2v) is 3.70. The molecule has 0 atom stereocenters. The molecule has 0 aliphatic heterocycles. The zero-order chi connectivity index (χ0) is 12.3. The Balaban J connectivity index is 2.21. The molecule has 5 heteroatoms. The van der Waals surface area contributed by atoms with Crippen molar-refractivity contribution in [2.45, 2.75) is 12.8 Å². The predicted molar refractivity (Wildman–Crippen MR) is 59.3 cm³/mol. The lowest BCUT2D eigenvalue weighted by Crippen LogP contribution is -1.91. The van der Waals surface area contributed by atoms with Gasteiger partial charge in [0.15, 0.2) is 11.6 Å². The van der Waals surface area contributed by atoms with Crippen molar-refractivity contribution in [1.29, 1.82) is 0 Å². The molecule has 0 aliphatic carbocycles. The molecule has 1 aromatic carbocycles. The first kappa shape index (κ1) is 11.7. The highest BCUT2D eigenvalue weighted by atomic mass is 19.2. The second kappa shape index (κ2) is 5.05. The Labute approximate surface area is 97.1 Å². The first-order valence-electron chi connectivity index (χ1n) is 5.31. The van der Waals surface area contributed by atoms with E-state index < -0.39 is 11.6 Å². The normalized spacial score (nSPS) is 10.8. The lowest BCUT2D eigenvalue weighted by Gasteiger charge is -1.98. The number of hydrogen-bond donors (Lipinski definition) is 2. The van der Waals surface area contributed by atoms with Gasteiger partial charge in [-0.25, -0.2) is 13.8 Å². The number of rotatable bonds is 4. The van der Waals surface area contributed by atoms with Gasteiger partial charge < -0.3 is 10.1 Å². The van der Waals surface area contributed by atoms with Crippen molar-refractivity contribution in [3.8, 4) is 11.3 Å². The average Bonchev–Trinajstić information content (AvgIpc) is 2.79. The fourth-order valence-electron chi connectivity index (χ4n) is 1.55. The number of aromatic nitrogens is 2. The molecule has 0 fully saturated rings. The van der Waals surface area contributed by atoms with Gasteiger partial charge in [0.25, 0.3) is 0 Å². The molecule has 0 amide bonds. The molecule has 0 saturated heterocycles. The summed E-state index contributed by atoms with van der Waals surface area (Å²) in [7, 11) is 0. The van der Waals surface area contributed by atoms with Gasteiger partial charge in [0.05, 0.1) is 11.9 Å². The third-order valence-electron chi connectivity index (χ3n) is 2.43. The molecule has 0 saturated carbocycles. The molecule has 0 aliphatic rings. The standard InChI is InChI=1S/C12H12F2N2O/c13-9-4-3-8(6-10(9)14)11-7-15-12(16-11)2-1-5-17/h3-4,6-7,17H,1-2,5H2,(H,15,16). The van der Waals surface area contributed by atoms with Crippen LogP contribution in [0.1, 0.15) is 12.2 Å². The van der Waals surface area contributed by atoms with Gasteiger partial charge in [-0.05, 0) is 24.6 Å². The molecule has 2 N–H and O–H groups in total. The Kier molecular flexibility index (Phi) is 3.49. The molecular formula is C12H12F2N2O. The number of benzene rings is 1. The van der Waals surface area contributed by atoms with E-state index in [0.29, 0.717) is 24.1 Å². The van der Waals surface area contributed by atoms with E-state index in [1.807, 2.05) is 0 Å². The predicted octanol–water partition coefficient (Wildman–Crippen LogP) is 2.28. The van der Waals surface area contributed by atoms with Gasteiger partial charge in [-0.15, -0.1) is 0 Å². The number of H-pyrrole nitrogens is 1. The van der Waals surface area contributed by atoms with E-state index in [9.17, 15) is 8.78 Å². The van der Waals surface area contributed by atoms with Crippen molar-refractivity contribution >= 4 is 0 Å². The van der Waals surface area contributed by atoms with Crippen LogP contribution in [0.2, 0.25) is 0 Å².